The van der Waals surface area contributed by atoms with Crippen LogP contribution in [0, 0.1) is 5.92 Å². The number of aromatic hydroxyl groups is 1. The first-order valence-electron chi connectivity index (χ1n) is 39.4. The number of H-pyrrole nitrogens is 2. The number of fused-ring (bicyclic) bond motifs is 1. The van der Waals surface area contributed by atoms with Gasteiger partial charge in [-0.25, -0.2) is 4.98 Å². The number of nitrogens with one attached hydrogen (secondary N) is 2. The second kappa shape index (κ2) is 79.4. The van der Waals surface area contributed by atoms with E-state index in [1.807, 2.05) is 62.6 Å². The van der Waals surface area contributed by atoms with Gasteiger partial charge in [0.25, 0.3) is 0 Å². The Morgan fingerprint density at radius 3 is 1.06 bits per heavy atom. The number of nitrogens with two attached hydrogens (primary N) is 17. The number of carboxylic acids is 14. The average Bonchev–Trinajstić information content (AvgIpc) is 1.67. The predicted octanol–water partition coefficient (Wildman–Crippen LogP) is -3.90. The summed E-state index contributed by atoms with van der Waals surface area (Å²) in [5.41, 5.74) is 91.6. The van der Waals surface area contributed by atoms with Gasteiger partial charge >= 0.3 is 83.6 Å². The highest BCUT2D eigenvalue weighted by atomic mass is 32.2. The Balaban J connectivity index is -0.000000279. The summed E-state index contributed by atoms with van der Waals surface area (Å²) in [5.74, 6) is -16.4. The second-order valence-electron chi connectivity index (χ2n) is 28.4. The van der Waals surface area contributed by atoms with E-state index in [2.05, 4.69) is 171 Å². The first-order valence-corrected chi connectivity index (χ1v) is 47.0. The van der Waals surface area contributed by atoms with Crippen molar-refractivity contribution in [1.29, 1.82) is 0 Å². The molecule has 24 atom stereocenters. The molecule has 0 bridgehead atoms. The molecule has 0 aliphatic heterocycles. The summed E-state index contributed by atoms with van der Waals surface area (Å²) in [6.07, 6.45) is 7.94. The van der Waals surface area contributed by atoms with Gasteiger partial charge in [0.15, 0.2) is 5.96 Å². The molecule has 802 valence electrons. The maximum atomic E-state index is 10.8. The number of thioether (sulfide) groups is 1. The number of aliphatic carboxylic acids is 14. The van der Waals surface area contributed by atoms with Gasteiger partial charge in [-0.1, -0.05) is 74.5 Å². The van der Waals surface area contributed by atoms with Gasteiger partial charge in [-0.3, -0.25) is 81.7 Å². The smallest absolute Gasteiger partial charge is 0.322 e. The molecule has 141 heavy (non-hydrogen) atoms. The van der Waals surface area contributed by atoms with Crippen molar-refractivity contribution in [3.05, 3.63) is 120 Å². The molecule has 2 aromatic heterocycles. The molecule has 3 aromatic carbocycles. The molecule has 0 fully saturated rings. The van der Waals surface area contributed by atoms with Gasteiger partial charge in [0.2, 0.25) is 11.8 Å². The Morgan fingerprint density at radius 2 is 0.738 bits per heavy atom. The van der Waals surface area contributed by atoms with E-state index in [1.165, 1.54) is 36.4 Å². The summed E-state index contributed by atoms with van der Waals surface area (Å²) in [7, 11) is 0. The Hall–Kier alpha value is -8.97. The van der Waals surface area contributed by atoms with E-state index in [-0.39, 0.29) is 46.2 Å². The summed E-state index contributed by atoms with van der Waals surface area (Å²) in [5, 5.41) is 120. The van der Waals surface area contributed by atoms with Crippen LogP contribution in [0.5, 0.6) is 5.75 Å². The van der Waals surface area contributed by atoms with Crippen molar-refractivity contribution in [3.8, 4) is 5.75 Å². The van der Waals surface area contributed by atoms with E-state index < -0.39 is 215 Å². The minimum atomic E-state index is -1.46. The Bertz CT molecular complexity index is 4500. The second-order valence-corrected chi connectivity index (χ2v) is 36.6. The lowest BCUT2D eigenvalue weighted by molar-refractivity contribution is -0.144. The highest BCUT2D eigenvalue weighted by Crippen LogP contribution is 2.31. The molecule has 0 radical (unpaired) electrons. The zero-order valence-electron chi connectivity index (χ0n) is 75.1. The molecular weight excluding hydrogens is 2120 g/mol. The van der Waals surface area contributed by atoms with Gasteiger partial charge in [0.05, 0.1) is 33.7 Å². The zero-order valence-corrected chi connectivity index (χ0v) is 86.6. The van der Waals surface area contributed by atoms with E-state index in [0.717, 1.165) is 28.5 Å². The fraction of sp³-hybridized carbons (Fsp3) is 0.474. The fourth-order valence-corrected chi connectivity index (χ4v) is 12.2. The summed E-state index contributed by atoms with van der Waals surface area (Å²) < 4.78 is 0. The zero-order chi connectivity index (χ0) is 112. The predicted molar refractivity (Wildman–Crippen MR) is 568 cm³/mol. The molecule has 0 saturated carbocycles. The third kappa shape index (κ3) is 66.6. The van der Waals surface area contributed by atoms with Gasteiger partial charge in [-0.05, 0) is 72.9 Å². The summed E-state index contributed by atoms with van der Waals surface area (Å²) in [4.78, 5) is 178. The number of primary amides is 2. The number of carboxylic acid groups (broad SMARTS) is 14. The highest BCUT2D eigenvalue weighted by Gasteiger charge is 2.32. The molecule has 52 nitrogen and oxygen atoms in total. The van der Waals surface area contributed by atoms with Crippen molar-refractivity contribution in [1.82, 2.24) is 15.0 Å². The first kappa shape index (κ1) is 145. The molecule has 5 aromatic rings. The number of phenols is 1. The van der Waals surface area contributed by atoms with Gasteiger partial charge in [0, 0.05) is 79.2 Å². The number of thiol groups is 12. The topological polar surface area (TPSA) is 1080 Å². The fourth-order valence-electron chi connectivity index (χ4n) is 8.34. The Kier molecular flexibility index (Phi) is 81.7. The van der Waals surface area contributed by atoms with Crippen LogP contribution in [0.4, 0.5) is 0 Å². The molecule has 0 aliphatic rings. The lowest BCUT2D eigenvalue weighted by Crippen LogP contribution is -2.45. The maximum Gasteiger partial charge on any atom is 0.322 e. The van der Waals surface area contributed by atoms with Crippen LogP contribution in [-0.4, -0.2) is 332 Å². The van der Waals surface area contributed by atoms with Crippen molar-refractivity contribution in [2.75, 3.05) is 25.1 Å². The van der Waals surface area contributed by atoms with Gasteiger partial charge in [-0.2, -0.15) is 163 Å². The minimum absolute atomic E-state index is 0.0237. The van der Waals surface area contributed by atoms with Gasteiger partial charge in [0.1, 0.15) is 88.8 Å². The van der Waals surface area contributed by atoms with Crippen LogP contribution in [0.15, 0.2) is 103 Å². The molecule has 51 N–H and O–H groups in total. The van der Waals surface area contributed by atoms with E-state index in [9.17, 15) is 76.7 Å². The number of para-hydroxylation sites is 1. The maximum absolute atomic E-state index is 10.8. The number of benzene rings is 3. The first-order chi connectivity index (χ1) is 64.8. The minimum Gasteiger partial charge on any atom is -0.508 e. The number of rotatable bonds is 43. The third-order valence-electron chi connectivity index (χ3n) is 16.8. The summed E-state index contributed by atoms with van der Waals surface area (Å²) >= 11 is 48.8. The summed E-state index contributed by atoms with van der Waals surface area (Å²) in [6.45, 7) is 4.65. The van der Waals surface area contributed by atoms with E-state index in [4.69, 9.17) is 174 Å². The van der Waals surface area contributed by atoms with Crippen molar-refractivity contribution >= 4 is 276 Å². The number of carbonyl (C=O) groups excluding carboxylic acids is 2. The van der Waals surface area contributed by atoms with E-state index in [1.54, 1.807) is 30.5 Å². The molecule has 5 rings (SSSR count). The number of aromatic nitrogens is 3. The SMILES string of the molecule is CC(C)C(S)C(N)C(=O)O.CSCC(S)C(N)C(=O)O.NC(=O)C(S)C(N)C(=O)O.NC(=O)CC(S)C(N)C(=O)O.NC(C(=O)O)C(S)C(=O)O.NC(C(=O)O)C(S)CC(=O)O.NC(C(=O)O)C(S)c1c[nH]c2ccccc12.NC(C(=O)O)C(S)c1ccc(O)cc1.NC(C(=O)O)C(S)c1ccccc1.NC(C(=O)O)C(S)c1cnc[nH]1.NC(N)=NCCC(S)C(N)C(=O)O.NCCCC(S)C(N)C(=O)O. The average molecular weight is 2250 g/mol. The molecule has 65 heteroatoms. The van der Waals surface area contributed by atoms with Crippen molar-refractivity contribution < 1.29 is 153 Å². The van der Waals surface area contributed by atoms with Crippen LogP contribution in [0.3, 0.4) is 0 Å². The number of aliphatic imine (C=N–C) groups is 1. The molecule has 0 spiro atoms. The normalized spacial score (nSPS) is 15.4. The number of nitrogens with zero attached hydrogens (tertiary/aromatic N) is 2. The molecular formula is C76H129N21O31S13. The molecule has 2 heterocycles. The monoisotopic (exact) mass is 2250 g/mol. The number of guanidine groups is 1. The van der Waals surface area contributed by atoms with Gasteiger partial charge < -0.3 is 184 Å². The lowest BCUT2D eigenvalue weighted by atomic mass is 10.0. The van der Waals surface area contributed by atoms with Crippen molar-refractivity contribution in [3.63, 3.8) is 0 Å². The Labute approximate surface area is 877 Å². The number of carbonyl (C=O) groups is 16. The lowest BCUT2D eigenvalue weighted by Gasteiger charge is -2.18. The van der Waals surface area contributed by atoms with Crippen LogP contribution in [-0.2, 0) is 76.7 Å². The number of phenolic OH excluding ortho intramolecular Hbond substituents is 1. The quantitative estimate of drug-likeness (QED) is 0.0101. The van der Waals surface area contributed by atoms with Crippen LogP contribution in [0.1, 0.15) is 89.3 Å². The molecule has 2 amide bonds. The van der Waals surface area contributed by atoms with Crippen LogP contribution < -0.4 is 97.5 Å². The van der Waals surface area contributed by atoms with E-state index in [0.29, 0.717) is 42.9 Å². The Morgan fingerprint density at radius 1 is 0.390 bits per heavy atom. The highest BCUT2D eigenvalue weighted by molar-refractivity contribution is 7.99. The molecule has 0 aliphatic carbocycles. The van der Waals surface area contributed by atoms with Crippen LogP contribution in [0.2, 0.25) is 0 Å². The number of hydrogen-bond donors (Lipinski definition) is 46. The molecule has 24 unspecified atom stereocenters. The summed E-state index contributed by atoms with van der Waals surface area (Å²) in [6, 6.07) is 10.1. The third-order valence-corrected chi connectivity index (χ3v) is 24.9. The van der Waals surface area contributed by atoms with Crippen LogP contribution in [0.25, 0.3) is 10.9 Å². The number of imidazole rings is 1. The standard InChI is InChI=1S/C11H12N2O2S.C9H11NO3S.C9H11NO2S.C6H14N4O2S.C6H9N3O2S.C6H14N2O2S.C6H13NO2S.C5H10N2O3S.C5H9NO4S.C5H11NO2S2.C4H8N2O3S.C4H7NO4S/c12-9(11(14)15)10(16)7-5-13-8-4-2-1-3-6(7)8;10-7(9(12)13)8(14)5-1-3-6(11)4-2-5;10-7(9(11)12)8(13)6-4-2-1-3-5-6;7-4(5(11)12)3(13)1-2-10-6(8)9;7-4(6(10)11)5(12)3-1-8-2-9-3;7-3-1-2-4(11)5(8)6(9)10;1-3(2)5(10)4(7)6(8)9;6-3(8)1-2(11)4(7)5(9)10;6-4(5(9)10)2(11)1-3(7)8;1-10-2-3(9)4(6)5(7)8;5-1(4(8)9)2(10)3(6)7;5-1(3(6)7)2(10)4(8)9/h1-5,9-10,13,16H,12H2,(H,14,15);1-4,7-8,11,14H,10H2,(H,12,13);1-5,7-8,13H,10H2,(H,11,12);3-4,13H,1-2,7H2,(H,11,12)(H4,8,9,10);1-2,4-5,12H,7H2,(H,8,9)(H,10,11);4-5,11H,1-3,7-8H2,(H,9,10);3-5,10H,7H2,1-2H3,(H,8,9);2,4,11H,1,7H2,(H2,6,8)(H,9,10);2,4,11H,1,6H2,(H,7,8)(H,9,10);3-4,9H,2,6H2,1H3,(H,7,8);1-2,10H,5H2,(H2,6,7)(H,8,9);1-2,10H,5H2,(H,6,7)(H,8,9). The van der Waals surface area contributed by atoms with E-state index >= 15 is 0 Å². The van der Waals surface area contributed by atoms with Gasteiger partial charge in [-0.15, -0.1) is 0 Å². The van der Waals surface area contributed by atoms with Crippen LogP contribution >= 0.6 is 163 Å². The number of amides is 2. The largest absolute Gasteiger partial charge is 0.508 e. The number of hydrogen-bond acceptors (Lipinski definition) is 45. The number of aromatic amines is 2. The molecule has 0 saturated heterocycles. The van der Waals surface area contributed by atoms with Crippen molar-refractivity contribution in [2.24, 2.45) is 108 Å². The van der Waals surface area contributed by atoms with Crippen molar-refractivity contribution in [2.45, 2.75) is 181 Å².